The molecule has 1 aromatic carbocycles. The number of hydrogen-bond donors (Lipinski definition) is 2. The maximum atomic E-state index is 9.40. The normalized spacial score (nSPS) is 12.5. The summed E-state index contributed by atoms with van der Waals surface area (Å²) in [7, 11) is 0. The van der Waals surface area contributed by atoms with Crippen LogP contribution in [0, 0.1) is 0 Å². The summed E-state index contributed by atoms with van der Waals surface area (Å²) in [6, 6.07) is 11.8. The smallest absolute Gasteiger partial charge is 0.254 e. The average Bonchev–Trinajstić information content (AvgIpc) is 2.94. The second-order valence-corrected chi connectivity index (χ2v) is 4.59. The molecule has 2 aromatic heterocycles. The van der Waals surface area contributed by atoms with Crippen LogP contribution in [0.3, 0.4) is 0 Å². The molecule has 6 heteroatoms. The van der Waals surface area contributed by atoms with Gasteiger partial charge in [-0.05, 0) is 6.92 Å². The van der Waals surface area contributed by atoms with E-state index in [-0.39, 0.29) is 0 Å². The molecule has 102 valence electrons. The Morgan fingerprint density at radius 1 is 1.30 bits per heavy atom. The maximum Gasteiger partial charge on any atom is 0.254 e. The number of aliphatic hydroxyl groups excluding tert-OH is 1. The number of rotatable bonds is 4. The van der Waals surface area contributed by atoms with Crippen molar-refractivity contribution in [1.82, 2.24) is 19.6 Å². The highest BCUT2D eigenvalue weighted by molar-refractivity contribution is 5.65. The molecule has 0 radical (unpaired) electrons. The third-order valence-corrected chi connectivity index (χ3v) is 2.90. The number of fused-ring (bicyclic) bond motifs is 1. The first-order valence-corrected chi connectivity index (χ1v) is 6.42. The first kappa shape index (κ1) is 12.6. The Morgan fingerprint density at radius 3 is 2.85 bits per heavy atom. The van der Waals surface area contributed by atoms with Crippen LogP contribution in [0.5, 0.6) is 0 Å². The third kappa shape index (κ3) is 2.46. The van der Waals surface area contributed by atoms with Crippen LogP contribution in [0.1, 0.15) is 6.92 Å². The van der Waals surface area contributed by atoms with Crippen LogP contribution in [0.25, 0.3) is 17.0 Å². The molecule has 0 aliphatic rings. The fourth-order valence-corrected chi connectivity index (χ4v) is 1.95. The molecule has 2 heterocycles. The Morgan fingerprint density at radius 2 is 2.10 bits per heavy atom. The van der Waals surface area contributed by atoms with Crippen molar-refractivity contribution in [3.05, 3.63) is 42.7 Å². The molecule has 0 fully saturated rings. The minimum Gasteiger partial charge on any atom is -0.392 e. The lowest BCUT2D eigenvalue weighted by atomic mass is 10.1. The number of nitrogens with one attached hydrogen (secondary N) is 1. The number of hydrogen-bond acceptors (Lipinski definition) is 5. The van der Waals surface area contributed by atoms with Crippen LogP contribution < -0.4 is 5.32 Å². The van der Waals surface area contributed by atoms with Crippen molar-refractivity contribution in [2.45, 2.75) is 13.0 Å². The predicted octanol–water partition coefficient (Wildman–Crippen LogP) is 1.58. The van der Waals surface area contributed by atoms with Gasteiger partial charge in [-0.15, -0.1) is 0 Å². The van der Waals surface area contributed by atoms with Crippen molar-refractivity contribution in [3.8, 4) is 11.3 Å². The maximum absolute atomic E-state index is 9.40. The Hall–Kier alpha value is -2.47. The van der Waals surface area contributed by atoms with Gasteiger partial charge in [0.1, 0.15) is 12.1 Å². The van der Waals surface area contributed by atoms with E-state index < -0.39 is 6.10 Å². The van der Waals surface area contributed by atoms with Gasteiger partial charge in [-0.1, -0.05) is 30.3 Å². The standard InChI is InChI=1S/C14H15N5O/c1-10(20)8-15-13-7-12(11-5-3-2-4-6-11)18-14-16-9-17-19(13)14/h2-7,9-10,15,20H,8H2,1H3. The van der Waals surface area contributed by atoms with Gasteiger partial charge in [0.15, 0.2) is 0 Å². The van der Waals surface area contributed by atoms with Gasteiger partial charge in [0, 0.05) is 18.2 Å². The monoisotopic (exact) mass is 269 g/mol. The van der Waals surface area contributed by atoms with Gasteiger partial charge in [0.2, 0.25) is 0 Å². The topological polar surface area (TPSA) is 75.3 Å². The van der Waals surface area contributed by atoms with Crippen LogP contribution in [-0.2, 0) is 0 Å². The van der Waals surface area contributed by atoms with Gasteiger partial charge < -0.3 is 10.4 Å². The second kappa shape index (κ2) is 5.26. The van der Waals surface area contributed by atoms with Gasteiger partial charge >= 0.3 is 0 Å². The molecule has 0 amide bonds. The molecule has 2 N–H and O–H groups in total. The Bertz CT molecular complexity index is 708. The number of aromatic nitrogens is 4. The van der Waals surface area contributed by atoms with E-state index in [1.54, 1.807) is 11.4 Å². The molecule has 6 nitrogen and oxygen atoms in total. The Balaban J connectivity index is 2.06. The molecule has 3 rings (SSSR count). The fraction of sp³-hybridized carbons (Fsp3) is 0.214. The molecule has 0 bridgehead atoms. The number of aliphatic hydroxyl groups is 1. The molecule has 1 atom stereocenters. The molecule has 1 unspecified atom stereocenters. The first-order valence-electron chi connectivity index (χ1n) is 6.42. The van der Waals surface area contributed by atoms with E-state index in [9.17, 15) is 5.11 Å². The zero-order valence-corrected chi connectivity index (χ0v) is 11.1. The molecule has 0 spiro atoms. The molecule has 0 saturated heterocycles. The minimum absolute atomic E-state index is 0.438. The van der Waals surface area contributed by atoms with Crippen LogP contribution >= 0.6 is 0 Å². The lowest BCUT2D eigenvalue weighted by molar-refractivity contribution is 0.208. The average molecular weight is 269 g/mol. The highest BCUT2D eigenvalue weighted by Crippen LogP contribution is 2.21. The van der Waals surface area contributed by atoms with Crippen molar-refractivity contribution in [3.63, 3.8) is 0 Å². The molecule has 20 heavy (non-hydrogen) atoms. The highest BCUT2D eigenvalue weighted by atomic mass is 16.3. The summed E-state index contributed by atoms with van der Waals surface area (Å²) >= 11 is 0. The fourth-order valence-electron chi connectivity index (χ4n) is 1.95. The van der Waals surface area contributed by atoms with E-state index in [1.165, 1.54) is 6.33 Å². The van der Waals surface area contributed by atoms with Gasteiger partial charge in [-0.3, -0.25) is 0 Å². The summed E-state index contributed by atoms with van der Waals surface area (Å²) < 4.78 is 1.62. The molecule has 0 aliphatic heterocycles. The highest BCUT2D eigenvalue weighted by Gasteiger charge is 2.09. The van der Waals surface area contributed by atoms with Crippen LogP contribution in [0.15, 0.2) is 42.7 Å². The van der Waals surface area contributed by atoms with Crippen molar-refractivity contribution < 1.29 is 5.11 Å². The number of nitrogens with zero attached hydrogens (tertiary/aromatic N) is 4. The SMILES string of the molecule is CC(O)CNc1cc(-c2ccccc2)nc2ncnn12. The molecule has 0 saturated carbocycles. The third-order valence-electron chi connectivity index (χ3n) is 2.90. The lowest BCUT2D eigenvalue weighted by Gasteiger charge is -2.11. The van der Waals surface area contributed by atoms with Crippen LogP contribution in [-0.4, -0.2) is 37.3 Å². The summed E-state index contributed by atoms with van der Waals surface area (Å²) in [5.41, 5.74) is 1.83. The molecule has 3 aromatic rings. The molecule has 0 aliphatic carbocycles. The van der Waals surface area contributed by atoms with E-state index in [1.807, 2.05) is 36.4 Å². The number of anilines is 1. The predicted molar refractivity (Wildman–Crippen MR) is 76.4 cm³/mol. The summed E-state index contributed by atoms with van der Waals surface area (Å²) in [6.45, 7) is 2.16. The van der Waals surface area contributed by atoms with Gasteiger partial charge in [-0.25, -0.2) is 4.98 Å². The van der Waals surface area contributed by atoms with Gasteiger partial charge in [0.25, 0.3) is 5.78 Å². The van der Waals surface area contributed by atoms with Crippen molar-refractivity contribution >= 4 is 11.6 Å². The van der Waals surface area contributed by atoms with Crippen molar-refractivity contribution in [1.29, 1.82) is 0 Å². The summed E-state index contributed by atoms with van der Waals surface area (Å²) in [4.78, 5) is 8.61. The van der Waals surface area contributed by atoms with Crippen LogP contribution in [0.4, 0.5) is 5.82 Å². The van der Waals surface area contributed by atoms with Gasteiger partial charge in [0.05, 0.1) is 11.8 Å². The quantitative estimate of drug-likeness (QED) is 0.752. The van der Waals surface area contributed by atoms with Crippen molar-refractivity contribution in [2.24, 2.45) is 0 Å². The summed E-state index contributed by atoms with van der Waals surface area (Å²) in [5, 5.41) is 16.7. The molecular weight excluding hydrogens is 254 g/mol. The zero-order valence-electron chi connectivity index (χ0n) is 11.1. The van der Waals surface area contributed by atoms with E-state index in [4.69, 9.17) is 0 Å². The lowest BCUT2D eigenvalue weighted by Crippen LogP contribution is -2.17. The van der Waals surface area contributed by atoms with E-state index >= 15 is 0 Å². The summed E-state index contributed by atoms with van der Waals surface area (Å²) in [5.74, 6) is 1.28. The van der Waals surface area contributed by atoms with E-state index in [0.717, 1.165) is 17.1 Å². The van der Waals surface area contributed by atoms with Crippen molar-refractivity contribution in [2.75, 3.05) is 11.9 Å². The van der Waals surface area contributed by atoms with E-state index in [0.29, 0.717) is 12.3 Å². The first-order chi connectivity index (χ1) is 9.74. The Labute approximate surface area is 116 Å². The van der Waals surface area contributed by atoms with Crippen LogP contribution in [0.2, 0.25) is 0 Å². The second-order valence-electron chi connectivity index (χ2n) is 4.59. The Kier molecular flexibility index (Phi) is 3.30. The zero-order chi connectivity index (χ0) is 13.9. The van der Waals surface area contributed by atoms with E-state index in [2.05, 4.69) is 20.4 Å². The van der Waals surface area contributed by atoms with Gasteiger partial charge in [-0.2, -0.15) is 14.6 Å². The largest absolute Gasteiger partial charge is 0.392 e. The summed E-state index contributed by atoms with van der Waals surface area (Å²) in [6.07, 6.45) is 1.02. The number of benzene rings is 1. The molecular formula is C14H15N5O. The minimum atomic E-state index is -0.443.